The van der Waals surface area contributed by atoms with E-state index < -0.39 is 0 Å². The molecule has 4 rings (SSSR count). The molecule has 0 spiro atoms. The molecule has 1 N–H and O–H groups in total. The van der Waals surface area contributed by atoms with Crippen LogP contribution in [0, 0.1) is 13.8 Å². The third kappa shape index (κ3) is 2.66. The Morgan fingerprint density at radius 1 is 0.885 bits per heavy atom. The van der Waals surface area contributed by atoms with E-state index >= 15 is 0 Å². The van der Waals surface area contributed by atoms with Crippen molar-refractivity contribution in [3.8, 4) is 0 Å². The molecule has 0 aliphatic heterocycles. The number of anilines is 1. The molecular formula is C23H22N2O. The molecule has 3 heteroatoms. The van der Waals surface area contributed by atoms with Gasteiger partial charge in [0, 0.05) is 39.6 Å². The van der Waals surface area contributed by atoms with Gasteiger partial charge in [-0.05, 0) is 68.3 Å². The van der Waals surface area contributed by atoms with Gasteiger partial charge >= 0.3 is 0 Å². The monoisotopic (exact) mass is 342 g/mol. The summed E-state index contributed by atoms with van der Waals surface area (Å²) >= 11 is 0. The summed E-state index contributed by atoms with van der Waals surface area (Å²) in [7, 11) is 0. The van der Waals surface area contributed by atoms with Crippen LogP contribution in [-0.2, 0) is 6.54 Å². The number of benzene rings is 3. The minimum atomic E-state index is -0.0771. The van der Waals surface area contributed by atoms with Crippen LogP contribution < -0.4 is 5.32 Å². The lowest BCUT2D eigenvalue weighted by molar-refractivity contribution is 0.102. The number of carbonyl (C=O) groups excluding carboxylic acids is 1. The molecule has 0 radical (unpaired) electrons. The van der Waals surface area contributed by atoms with Crippen LogP contribution in [0.2, 0.25) is 0 Å². The van der Waals surface area contributed by atoms with Crippen LogP contribution in [0.1, 0.15) is 28.4 Å². The fourth-order valence-electron chi connectivity index (χ4n) is 3.56. The number of fused-ring (bicyclic) bond motifs is 3. The molecule has 1 heterocycles. The Hall–Kier alpha value is -3.07. The van der Waals surface area contributed by atoms with Gasteiger partial charge in [0.25, 0.3) is 5.91 Å². The fraction of sp³-hybridized carbons (Fsp3) is 0.174. The Balaban J connectivity index is 1.74. The van der Waals surface area contributed by atoms with Crippen LogP contribution in [0.15, 0.2) is 60.7 Å². The Morgan fingerprint density at radius 2 is 1.65 bits per heavy atom. The first-order valence-corrected chi connectivity index (χ1v) is 8.98. The largest absolute Gasteiger partial charge is 0.341 e. The minimum absolute atomic E-state index is 0.0771. The predicted octanol–water partition coefficient (Wildman–Crippen LogP) is 5.68. The number of nitrogens with zero attached hydrogens (tertiary/aromatic N) is 1. The van der Waals surface area contributed by atoms with Gasteiger partial charge in [0.1, 0.15) is 0 Å². The van der Waals surface area contributed by atoms with E-state index in [-0.39, 0.29) is 5.91 Å². The van der Waals surface area contributed by atoms with E-state index in [4.69, 9.17) is 0 Å². The zero-order valence-corrected chi connectivity index (χ0v) is 15.3. The SMILES string of the molecule is CCn1c2ccccc2c2cc(NC(=O)c3ccc(C)c(C)c3)ccc21. The average Bonchev–Trinajstić information content (AvgIpc) is 2.97. The molecule has 0 fully saturated rings. The van der Waals surface area contributed by atoms with Crippen molar-refractivity contribution in [2.24, 2.45) is 0 Å². The number of hydrogen-bond donors (Lipinski definition) is 1. The molecule has 0 aliphatic carbocycles. The van der Waals surface area contributed by atoms with E-state index in [2.05, 4.69) is 60.1 Å². The summed E-state index contributed by atoms with van der Waals surface area (Å²) in [5.41, 5.74) is 6.24. The average molecular weight is 342 g/mol. The normalized spacial score (nSPS) is 11.2. The molecule has 1 amide bonds. The smallest absolute Gasteiger partial charge is 0.255 e. The summed E-state index contributed by atoms with van der Waals surface area (Å²) in [5, 5.41) is 5.42. The molecule has 3 nitrogen and oxygen atoms in total. The van der Waals surface area contributed by atoms with Crippen molar-refractivity contribution in [1.82, 2.24) is 4.57 Å². The maximum absolute atomic E-state index is 12.6. The summed E-state index contributed by atoms with van der Waals surface area (Å²) in [5.74, 6) is -0.0771. The van der Waals surface area contributed by atoms with Gasteiger partial charge in [-0.25, -0.2) is 0 Å². The highest BCUT2D eigenvalue weighted by molar-refractivity contribution is 6.11. The maximum Gasteiger partial charge on any atom is 0.255 e. The number of aryl methyl sites for hydroxylation is 3. The molecule has 26 heavy (non-hydrogen) atoms. The van der Waals surface area contributed by atoms with Crippen molar-refractivity contribution < 1.29 is 4.79 Å². The minimum Gasteiger partial charge on any atom is -0.341 e. The van der Waals surface area contributed by atoms with Crippen LogP contribution in [0.5, 0.6) is 0 Å². The van der Waals surface area contributed by atoms with Crippen molar-refractivity contribution in [1.29, 1.82) is 0 Å². The first-order valence-electron chi connectivity index (χ1n) is 8.98. The van der Waals surface area contributed by atoms with Crippen molar-refractivity contribution in [2.75, 3.05) is 5.32 Å². The van der Waals surface area contributed by atoms with E-state index in [0.717, 1.165) is 17.8 Å². The maximum atomic E-state index is 12.6. The topological polar surface area (TPSA) is 34.0 Å². The molecule has 0 unspecified atom stereocenters. The summed E-state index contributed by atoms with van der Waals surface area (Å²) < 4.78 is 2.31. The number of para-hydroxylation sites is 1. The van der Waals surface area contributed by atoms with Crippen molar-refractivity contribution in [3.63, 3.8) is 0 Å². The number of amides is 1. The van der Waals surface area contributed by atoms with E-state index in [1.807, 2.05) is 31.2 Å². The lowest BCUT2D eigenvalue weighted by atomic mass is 10.1. The number of aromatic nitrogens is 1. The van der Waals surface area contributed by atoms with E-state index in [1.54, 1.807) is 0 Å². The van der Waals surface area contributed by atoms with Gasteiger partial charge in [-0.1, -0.05) is 24.3 Å². The molecule has 130 valence electrons. The summed E-state index contributed by atoms with van der Waals surface area (Å²) in [6.45, 7) is 7.14. The lowest BCUT2D eigenvalue weighted by Gasteiger charge is -2.08. The van der Waals surface area contributed by atoms with Gasteiger partial charge < -0.3 is 9.88 Å². The Kier molecular flexibility index (Phi) is 4.00. The van der Waals surface area contributed by atoms with E-state index in [0.29, 0.717) is 5.56 Å². The summed E-state index contributed by atoms with van der Waals surface area (Å²) in [4.78, 5) is 12.6. The number of carbonyl (C=O) groups is 1. The van der Waals surface area contributed by atoms with Gasteiger partial charge in [0.05, 0.1) is 0 Å². The molecule has 0 bridgehead atoms. The van der Waals surface area contributed by atoms with Gasteiger partial charge in [0.2, 0.25) is 0 Å². The van der Waals surface area contributed by atoms with Crippen LogP contribution in [0.25, 0.3) is 21.8 Å². The van der Waals surface area contributed by atoms with Crippen LogP contribution in [0.3, 0.4) is 0 Å². The summed E-state index contributed by atoms with van der Waals surface area (Å²) in [6, 6.07) is 20.3. The highest BCUT2D eigenvalue weighted by Crippen LogP contribution is 2.31. The van der Waals surface area contributed by atoms with Gasteiger partial charge in [-0.2, -0.15) is 0 Å². The van der Waals surface area contributed by atoms with E-state index in [9.17, 15) is 4.79 Å². The molecule has 1 aromatic heterocycles. The van der Waals surface area contributed by atoms with Crippen molar-refractivity contribution in [2.45, 2.75) is 27.3 Å². The van der Waals surface area contributed by atoms with Crippen molar-refractivity contribution in [3.05, 3.63) is 77.4 Å². The van der Waals surface area contributed by atoms with Crippen LogP contribution in [0.4, 0.5) is 5.69 Å². The highest BCUT2D eigenvalue weighted by Gasteiger charge is 2.12. The number of nitrogens with one attached hydrogen (secondary N) is 1. The Labute approximate surface area is 153 Å². The quantitative estimate of drug-likeness (QED) is 0.510. The number of hydrogen-bond acceptors (Lipinski definition) is 1. The number of rotatable bonds is 3. The first-order chi connectivity index (χ1) is 12.6. The van der Waals surface area contributed by atoms with Gasteiger partial charge in [-0.15, -0.1) is 0 Å². The Morgan fingerprint density at radius 3 is 2.42 bits per heavy atom. The fourth-order valence-corrected chi connectivity index (χ4v) is 3.56. The van der Waals surface area contributed by atoms with Gasteiger partial charge in [-0.3, -0.25) is 4.79 Å². The van der Waals surface area contributed by atoms with Crippen LogP contribution in [-0.4, -0.2) is 10.5 Å². The summed E-state index contributed by atoms with van der Waals surface area (Å²) in [6.07, 6.45) is 0. The molecule has 0 saturated heterocycles. The molecule has 0 saturated carbocycles. The third-order valence-electron chi connectivity index (χ3n) is 5.12. The second-order valence-corrected chi connectivity index (χ2v) is 6.75. The molecule has 3 aromatic carbocycles. The lowest BCUT2D eigenvalue weighted by Crippen LogP contribution is -2.12. The molecule has 0 aliphatic rings. The van der Waals surface area contributed by atoms with Crippen LogP contribution >= 0.6 is 0 Å². The zero-order valence-electron chi connectivity index (χ0n) is 15.3. The van der Waals surface area contributed by atoms with E-state index in [1.165, 1.54) is 27.4 Å². The Bertz CT molecular complexity index is 1140. The third-order valence-corrected chi connectivity index (χ3v) is 5.12. The second kappa shape index (κ2) is 6.34. The molecular weight excluding hydrogens is 320 g/mol. The predicted molar refractivity (Wildman–Crippen MR) is 109 cm³/mol. The first kappa shape index (κ1) is 16.4. The van der Waals surface area contributed by atoms with Crippen molar-refractivity contribution >= 4 is 33.4 Å². The molecule has 4 aromatic rings. The standard InChI is InChI=1S/C23H22N2O/c1-4-25-21-8-6-5-7-19(21)20-14-18(11-12-22(20)25)24-23(26)17-10-9-15(2)16(3)13-17/h5-14H,4H2,1-3H3,(H,24,26). The van der Waals surface area contributed by atoms with Gasteiger partial charge in [0.15, 0.2) is 0 Å². The zero-order chi connectivity index (χ0) is 18.3. The second-order valence-electron chi connectivity index (χ2n) is 6.75. The highest BCUT2D eigenvalue weighted by atomic mass is 16.1. The molecule has 0 atom stereocenters.